The second kappa shape index (κ2) is 6.68. The van der Waals surface area contributed by atoms with Crippen LogP contribution >= 0.6 is 0 Å². The lowest BCUT2D eigenvalue weighted by molar-refractivity contribution is -0.386. The average molecular weight is 346 g/mol. The van der Waals surface area contributed by atoms with Crippen LogP contribution in [0.1, 0.15) is 49.4 Å². The van der Waals surface area contributed by atoms with Crippen LogP contribution in [-0.4, -0.2) is 22.5 Å². The lowest BCUT2D eigenvalue weighted by Crippen LogP contribution is -2.38. The van der Waals surface area contributed by atoms with Gasteiger partial charge < -0.3 is 14.8 Å². The third kappa shape index (κ3) is 4.24. The number of carbonyl (C=O) groups excluding carboxylic acids is 1. The highest BCUT2D eigenvalue weighted by atomic mass is 16.6. The third-order valence-electron chi connectivity index (χ3n) is 3.91. The average Bonchev–Trinajstić information content (AvgIpc) is 3.06. The van der Waals surface area contributed by atoms with Gasteiger partial charge in [0.15, 0.2) is 0 Å². The predicted molar refractivity (Wildman–Crippen MR) is 92.4 cm³/mol. The van der Waals surface area contributed by atoms with Gasteiger partial charge in [-0.15, -0.1) is 0 Å². The number of nitrogens with one attached hydrogen (secondary N) is 1. The van der Waals surface area contributed by atoms with Crippen molar-refractivity contribution in [2.24, 2.45) is 0 Å². The third-order valence-corrected chi connectivity index (χ3v) is 3.91. The van der Waals surface area contributed by atoms with Crippen LogP contribution in [0, 0.1) is 10.1 Å². The van der Waals surface area contributed by atoms with E-state index in [0.717, 1.165) is 0 Å². The van der Waals surface area contributed by atoms with Crippen LogP contribution in [0.2, 0.25) is 0 Å². The lowest BCUT2D eigenvalue weighted by atomic mass is 9.85. The molecule has 0 aliphatic carbocycles. The molecule has 1 aromatic carbocycles. The first kappa shape index (κ1) is 18.7. The Labute approximate surface area is 145 Å². The maximum atomic E-state index is 12.3. The number of nitro benzene ring substituents is 1. The molecule has 2 aromatic rings. The van der Waals surface area contributed by atoms with Crippen molar-refractivity contribution in [3.8, 4) is 0 Å². The summed E-state index contributed by atoms with van der Waals surface area (Å²) < 4.78 is 5.15. The second-order valence-corrected chi connectivity index (χ2v) is 7.17. The molecular weight excluding hydrogens is 324 g/mol. The van der Waals surface area contributed by atoms with E-state index in [1.54, 1.807) is 24.3 Å². The summed E-state index contributed by atoms with van der Waals surface area (Å²) in [5, 5.41) is 24.3. The van der Waals surface area contributed by atoms with E-state index >= 15 is 0 Å². The molecule has 7 nitrogen and oxygen atoms in total. The van der Waals surface area contributed by atoms with Crippen molar-refractivity contribution >= 4 is 11.6 Å². The van der Waals surface area contributed by atoms with Gasteiger partial charge in [-0.2, -0.15) is 0 Å². The molecule has 1 aromatic heterocycles. The minimum Gasteiger partial charge on any atom is -0.466 e. The maximum absolute atomic E-state index is 12.3. The summed E-state index contributed by atoms with van der Waals surface area (Å²) in [6, 6.07) is 7.65. The Bertz CT molecular complexity index is 773. The predicted octanol–water partition coefficient (Wildman–Crippen LogP) is 3.12. The molecule has 0 radical (unpaired) electrons. The van der Waals surface area contributed by atoms with E-state index in [4.69, 9.17) is 4.42 Å². The Morgan fingerprint density at radius 2 is 1.96 bits per heavy atom. The Morgan fingerprint density at radius 3 is 2.48 bits per heavy atom. The van der Waals surface area contributed by atoms with Crippen molar-refractivity contribution in [2.75, 3.05) is 6.54 Å². The molecule has 1 unspecified atom stereocenters. The second-order valence-electron chi connectivity index (χ2n) is 7.17. The number of benzene rings is 1. The quantitative estimate of drug-likeness (QED) is 0.639. The maximum Gasteiger partial charge on any atom is 0.273 e. The number of rotatable bonds is 5. The Morgan fingerprint density at radius 1 is 1.28 bits per heavy atom. The zero-order chi connectivity index (χ0) is 18.8. The monoisotopic (exact) mass is 346 g/mol. The SMILES string of the molecule is CC(C)(C)c1ccc(C(=O)NCC(C)(O)c2ccco2)cc1[N+](=O)[O-]. The van der Waals surface area contributed by atoms with Crippen molar-refractivity contribution < 1.29 is 19.2 Å². The topological polar surface area (TPSA) is 106 Å². The van der Waals surface area contributed by atoms with E-state index in [-0.39, 0.29) is 17.8 Å². The Kier molecular flexibility index (Phi) is 4.99. The molecule has 134 valence electrons. The molecule has 0 bridgehead atoms. The molecule has 2 N–H and O–H groups in total. The fraction of sp³-hybridized carbons (Fsp3) is 0.389. The zero-order valence-corrected chi connectivity index (χ0v) is 14.7. The Balaban J connectivity index is 2.20. The van der Waals surface area contributed by atoms with Gasteiger partial charge in [0, 0.05) is 17.2 Å². The number of hydrogen-bond donors (Lipinski definition) is 2. The molecule has 25 heavy (non-hydrogen) atoms. The number of aliphatic hydroxyl groups is 1. The van der Waals surface area contributed by atoms with Crippen molar-refractivity contribution in [3.05, 3.63) is 63.6 Å². The van der Waals surface area contributed by atoms with Crippen LogP contribution < -0.4 is 5.32 Å². The fourth-order valence-corrected chi connectivity index (χ4v) is 2.48. The molecule has 1 heterocycles. The smallest absolute Gasteiger partial charge is 0.273 e. The first-order valence-corrected chi connectivity index (χ1v) is 7.86. The number of nitrogens with zero attached hydrogens (tertiary/aromatic N) is 1. The van der Waals surface area contributed by atoms with Gasteiger partial charge in [-0.3, -0.25) is 14.9 Å². The molecule has 0 saturated heterocycles. The van der Waals surface area contributed by atoms with Gasteiger partial charge in [0.05, 0.1) is 17.7 Å². The zero-order valence-electron chi connectivity index (χ0n) is 14.7. The summed E-state index contributed by atoms with van der Waals surface area (Å²) in [6.07, 6.45) is 1.43. The van der Waals surface area contributed by atoms with E-state index in [9.17, 15) is 20.0 Å². The highest BCUT2D eigenvalue weighted by Crippen LogP contribution is 2.31. The molecule has 0 fully saturated rings. The molecule has 0 saturated carbocycles. The fourth-order valence-electron chi connectivity index (χ4n) is 2.48. The highest BCUT2D eigenvalue weighted by Gasteiger charge is 2.29. The van der Waals surface area contributed by atoms with E-state index < -0.39 is 21.8 Å². The molecule has 1 amide bonds. The van der Waals surface area contributed by atoms with Gasteiger partial charge in [-0.05, 0) is 30.5 Å². The largest absolute Gasteiger partial charge is 0.466 e. The number of hydrogen-bond acceptors (Lipinski definition) is 5. The van der Waals surface area contributed by atoms with Crippen LogP contribution in [0.4, 0.5) is 5.69 Å². The molecule has 7 heteroatoms. The highest BCUT2D eigenvalue weighted by molar-refractivity contribution is 5.95. The first-order valence-electron chi connectivity index (χ1n) is 7.86. The number of nitro groups is 1. The van der Waals surface area contributed by atoms with Crippen LogP contribution in [0.25, 0.3) is 0 Å². The van der Waals surface area contributed by atoms with Gasteiger partial charge in [-0.1, -0.05) is 26.8 Å². The summed E-state index contributed by atoms with van der Waals surface area (Å²) in [7, 11) is 0. The van der Waals surface area contributed by atoms with Gasteiger partial charge in [0.1, 0.15) is 11.4 Å². The van der Waals surface area contributed by atoms with Crippen molar-refractivity contribution in [3.63, 3.8) is 0 Å². The standard InChI is InChI=1S/C18H22N2O5/c1-17(2,3)13-8-7-12(10-14(13)20(23)24)16(21)19-11-18(4,22)15-6-5-9-25-15/h5-10,22H,11H2,1-4H3,(H,19,21). The van der Waals surface area contributed by atoms with Crippen LogP contribution in [-0.2, 0) is 11.0 Å². The summed E-state index contributed by atoms with van der Waals surface area (Å²) in [4.78, 5) is 23.2. The van der Waals surface area contributed by atoms with Crippen LogP contribution in [0.3, 0.4) is 0 Å². The normalized spacial score (nSPS) is 14.0. The van der Waals surface area contributed by atoms with E-state index in [1.165, 1.54) is 19.3 Å². The van der Waals surface area contributed by atoms with Gasteiger partial charge >= 0.3 is 0 Å². The molecular formula is C18H22N2O5. The van der Waals surface area contributed by atoms with Gasteiger partial charge in [0.2, 0.25) is 0 Å². The number of carbonyl (C=O) groups is 1. The Hall–Kier alpha value is -2.67. The van der Waals surface area contributed by atoms with E-state index in [0.29, 0.717) is 11.3 Å². The molecule has 0 aliphatic rings. The minimum atomic E-state index is -1.38. The lowest BCUT2D eigenvalue weighted by Gasteiger charge is -2.21. The van der Waals surface area contributed by atoms with Crippen LogP contribution in [0.5, 0.6) is 0 Å². The van der Waals surface area contributed by atoms with E-state index in [1.807, 2.05) is 20.8 Å². The van der Waals surface area contributed by atoms with E-state index in [2.05, 4.69) is 5.32 Å². The number of amides is 1. The number of furan rings is 1. The van der Waals surface area contributed by atoms with Gasteiger partial charge in [0.25, 0.3) is 11.6 Å². The minimum absolute atomic E-state index is 0.0891. The van der Waals surface area contributed by atoms with Gasteiger partial charge in [-0.25, -0.2) is 0 Å². The molecule has 1 atom stereocenters. The summed E-state index contributed by atoms with van der Waals surface area (Å²) in [5.74, 6) is -0.183. The summed E-state index contributed by atoms with van der Waals surface area (Å²) in [6.45, 7) is 7.03. The molecule has 0 spiro atoms. The van der Waals surface area contributed by atoms with Crippen molar-refractivity contribution in [1.29, 1.82) is 0 Å². The van der Waals surface area contributed by atoms with Crippen LogP contribution in [0.15, 0.2) is 41.0 Å². The summed E-state index contributed by atoms with van der Waals surface area (Å²) in [5.41, 5.74) is -1.18. The van der Waals surface area contributed by atoms with Crippen molar-refractivity contribution in [1.82, 2.24) is 5.32 Å². The molecule has 2 rings (SSSR count). The molecule has 0 aliphatic heterocycles. The van der Waals surface area contributed by atoms with Crippen molar-refractivity contribution in [2.45, 2.75) is 38.7 Å². The summed E-state index contributed by atoms with van der Waals surface area (Å²) >= 11 is 0. The first-order chi connectivity index (χ1) is 11.5.